The van der Waals surface area contributed by atoms with Gasteiger partial charge in [0, 0.05) is 17.5 Å². The Balaban J connectivity index is 1.53. The molecule has 0 aliphatic rings. The molecule has 0 aliphatic carbocycles. The van der Waals surface area contributed by atoms with Crippen molar-refractivity contribution in [1.82, 2.24) is 0 Å². The summed E-state index contributed by atoms with van der Waals surface area (Å²) in [7, 11) is 0. The van der Waals surface area contributed by atoms with Gasteiger partial charge in [-0.15, -0.1) is 0 Å². The lowest BCUT2D eigenvalue weighted by atomic mass is 9.98. The first-order valence-corrected chi connectivity index (χ1v) is 15.0. The van der Waals surface area contributed by atoms with Crippen LogP contribution in [-0.2, 0) is 9.47 Å². The topological polar surface area (TPSA) is 44.8 Å². The molecular formula is C34H35F9O4. The number of ether oxygens (including phenoxy) is 3. The molecule has 13 heteroatoms. The summed E-state index contributed by atoms with van der Waals surface area (Å²) < 4.78 is 134. The number of hydrogen-bond acceptors (Lipinski definition) is 4. The second-order valence-electron chi connectivity index (χ2n) is 11.0. The van der Waals surface area contributed by atoms with Gasteiger partial charge in [-0.3, -0.25) is 0 Å². The zero-order chi connectivity index (χ0) is 34.8. The highest BCUT2D eigenvalue weighted by Gasteiger charge is 2.72. The van der Waals surface area contributed by atoms with Crippen molar-refractivity contribution < 1.29 is 58.5 Å². The molecule has 0 radical (unpaired) electrons. The minimum absolute atomic E-state index is 0.0162. The minimum Gasteiger partial charge on any atom is -0.494 e. The van der Waals surface area contributed by atoms with Crippen LogP contribution in [0.1, 0.15) is 62.7 Å². The molecule has 3 aromatic rings. The highest BCUT2D eigenvalue weighted by molar-refractivity contribution is 5.90. The van der Waals surface area contributed by atoms with E-state index in [9.17, 15) is 35.5 Å². The molecule has 47 heavy (non-hydrogen) atoms. The van der Waals surface area contributed by atoms with Gasteiger partial charge >= 0.3 is 24.0 Å². The smallest absolute Gasteiger partial charge is 0.459 e. The Morgan fingerprint density at radius 2 is 1.28 bits per heavy atom. The molecule has 0 saturated heterocycles. The highest BCUT2D eigenvalue weighted by atomic mass is 19.4. The lowest BCUT2D eigenvalue weighted by Gasteiger charge is -2.27. The minimum atomic E-state index is -6.43. The summed E-state index contributed by atoms with van der Waals surface area (Å²) in [6.07, 6.45) is -1.78. The van der Waals surface area contributed by atoms with Crippen LogP contribution in [-0.4, -0.2) is 49.9 Å². The molecule has 0 N–H and O–H groups in total. The quantitative estimate of drug-likeness (QED) is 0.0810. The van der Waals surface area contributed by atoms with Crippen LogP contribution in [0.3, 0.4) is 0 Å². The second kappa shape index (κ2) is 16.4. The molecular weight excluding hydrogens is 643 g/mol. The summed E-state index contributed by atoms with van der Waals surface area (Å²) in [6.45, 7) is 1.07. The van der Waals surface area contributed by atoms with Crippen molar-refractivity contribution in [3.63, 3.8) is 0 Å². The number of carbonyl (C=O) groups is 1. The van der Waals surface area contributed by atoms with Gasteiger partial charge in [0.05, 0.1) is 24.9 Å². The molecule has 0 unspecified atom stereocenters. The van der Waals surface area contributed by atoms with Crippen molar-refractivity contribution in [2.45, 2.75) is 76.5 Å². The molecule has 0 spiro atoms. The number of unbranched alkanes of at least 4 members (excludes halogenated alkanes) is 3. The zero-order valence-corrected chi connectivity index (χ0v) is 25.7. The molecule has 4 nitrogen and oxygen atoms in total. The van der Waals surface area contributed by atoms with Gasteiger partial charge in [0.25, 0.3) is 0 Å². The Hall–Kier alpha value is -3.74. The summed E-state index contributed by atoms with van der Waals surface area (Å²) in [5.41, 5.74) is 0.878. The molecule has 0 fully saturated rings. The van der Waals surface area contributed by atoms with Crippen molar-refractivity contribution in [2.24, 2.45) is 0 Å². The Morgan fingerprint density at radius 3 is 1.81 bits per heavy atom. The lowest BCUT2D eigenvalue weighted by molar-refractivity contribution is -0.361. The summed E-state index contributed by atoms with van der Waals surface area (Å²) in [5, 5.41) is 0. The predicted octanol–water partition coefficient (Wildman–Crippen LogP) is 10.4. The molecule has 0 bridgehead atoms. The largest absolute Gasteiger partial charge is 0.494 e. The normalized spacial score (nSPS) is 13.0. The number of halogens is 9. The number of benzene rings is 3. The van der Waals surface area contributed by atoms with E-state index in [-0.39, 0.29) is 41.6 Å². The van der Waals surface area contributed by atoms with E-state index in [1.165, 1.54) is 60.7 Å². The van der Waals surface area contributed by atoms with E-state index in [4.69, 9.17) is 9.47 Å². The van der Waals surface area contributed by atoms with Crippen LogP contribution >= 0.6 is 0 Å². The number of alkyl halides is 7. The van der Waals surface area contributed by atoms with E-state index >= 15 is 8.78 Å². The Bertz CT molecular complexity index is 1440. The van der Waals surface area contributed by atoms with E-state index in [0.717, 1.165) is 32.1 Å². The predicted molar refractivity (Wildman–Crippen MR) is 158 cm³/mol. The average molecular weight is 679 g/mol. The van der Waals surface area contributed by atoms with Crippen molar-refractivity contribution in [3.8, 4) is 28.0 Å². The summed E-state index contributed by atoms with van der Waals surface area (Å²) in [5.74, 6) is -14.2. The summed E-state index contributed by atoms with van der Waals surface area (Å²) in [4.78, 5) is 12.5. The van der Waals surface area contributed by atoms with Gasteiger partial charge in [-0.05, 0) is 55.2 Å². The lowest BCUT2D eigenvalue weighted by Crippen LogP contribution is -2.54. The Morgan fingerprint density at radius 1 is 0.723 bits per heavy atom. The van der Waals surface area contributed by atoms with E-state index < -0.39 is 48.8 Å². The third-order valence-corrected chi connectivity index (χ3v) is 7.25. The first-order valence-electron chi connectivity index (χ1n) is 15.0. The molecule has 0 saturated carbocycles. The molecule has 1 atom stereocenters. The molecule has 258 valence electrons. The van der Waals surface area contributed by atoms with Crippen LogP contribution in [0.25, 0.3) is 22.3 Å². The van der Waals surface area contributed by atoms with Crippen molar-refractivity contribution >= 4 is 5.97 Å². The van der Waals surface area contributed by atoms with Gasteiger partial charge < -0.3 is 14.2 Å². The molecule has 3 aromatic carbocycles. The highest BCUT2D eigenvalue weighted by Crippen LogP contribution is 2.46. The van der Waals surface area contributed by atoms with Crippen molar-refractivity contribution in [2.75, 3.05) is 19.8 Å². The maximum atomic E-state index is 15.1. The maximum Gasteiger partial charge on any atom is 0.459 e. The van der Waals surface area contributed by atoms with Gasteiger partial charge in [-0.2, -0.15) is 30.7 Å². The first kappa shape index (κ1) is 37.7. The van der Waals surface area contributed by atoms with Crippen molar-refractivity contribution in [3.05, 3.63) is 77.9 Å². The molecule has 0 amide bonds. The van der Waals surface area contributed by atoms with Crippen LogP contribution < -0.4 is 4.74 Å². The van der Waals surface area contributed by atoms with Crippen LogP contribution in [0.2, 0.25) is 0 Å². The number of hydrogen-bond donors (Lipinski definition) is 0. The van der Waals surface area contributed by atoms with Gasteiger partial charge in [0.1, 0.15) is 12.4 Å². The van der Waals surface area contributed by atoms with Gasteiger partial charge in [0.15, 0.2) is 11.6 Å². The number of esters is 1. The van der Waals surface area contributed by atoms with Crippen molar-refractivity contribution in [1.29, 1.82) is 0 Å². The fourth-order valence-corrected chi connectivity index (χ4v) is 4.53. The molecule has 0 aromatic heterocycles. The Labute approximate surface area is 266 Å². The fraction of sp³-hybridized carbons (Fsp3) is 0.441. The van der Waals surface area contributed by atoms with E-state index in [2.05, 4.69) is 11.7 Å². The van der Waals surface area contributed by atoms with Gasteiger partial charge in [0.2, 0.25) is 0 Å². The Kier molecular flexibility index (Phi) is 13.1. The summed E-state index contributed by atoms with van der Waals surface area (Å²) >= 11 is 0. The zero-order valence-electron chi connectivity index (χ0n) is 25.7. The SMILES string of the molecule is CCCCCC[C@H](C)OC(=O)c1ccc(-c2ccc(-c3ccc(OCCCOCC(F)(F)C(F)(F)C(F)(F)F)cc3)c(F)c2F)cc1. The average Bonchev–Trinajstić information content (AvgIpc) is 3.02. The number of carbonyl (C=O) groups excluding carboxylic acids is 1. The molecule has 0 aliphatic heterocycles. The fourth-order valence-electron chi connectivity index (χ4n) is 4.53. The van der Waals surface area contributed by atoms with E-state index in [1.54, 1.807) is 0 Å². The van der Waals surface area contributed by atoms with Crippen LogP contribution in [0, 0.1) is 11.6 Å². The second-order valence-corrected chi connectivity index (χ2v) is 11.0. The molecule has 0 heterocycles. The van der Waals surface area contributed by atoms with Crippen LogP contribution in [0.4, 0.5) is 39.5 Å². The number of rotatable bonds is 17. The van der Waals surface area contributed by atoms with E-state index in [1.807, 2.05) is 6.92 Å². The molecule has 3 rings (SSSR count). The van der Waals surface area contributed by atoms with Gasteiger partial charge in [-0.25, -0.2) is 13.6 Å². The van der Waals surface area contributed by atoms with Crippen LogP contribution in [0.15, 0.2) is 60.7 Å². The summed E-state index contributed by atoms with van der Waals surface area (Å²) in [6, 6.07) is 14.5. The van der Waals surface area contributed by atoms with Crippen LogP contribution in [0.5, 0.6) is 5.75 Å². The first-order chi connectivity index (χ1) is 22.1. The van der Waals surface area contributed by atoms with Gasteiger partial charge in [-0.1, -0.05) is 62.6 Å². The monoisotopic (exact) mass is 678 g/mol. The third-order valence-electron chi connectivity index (χ3n) is 7.25. The third kappa shape index (κ3) is 9.88. The maximum absolute atomic E-state index is 15.1. The standard InChI is InChI=1S/C34H35F9O4/c1-3-4-5-6-8-22(2)47-31(44)25-11-9-23(10-12-25)27-17-18-28(30(36)29(27)35)24-13-15-26(16-14-24)46-20-7-19-45-21-32(37,38)33(39,40)34(41,42)43/h9-18,22H,3-8,19-21H2,1-2H3/t22-/m0/s1. The van der Waals surface area contributed by atoms with E-state index in [0.29, 0.717) is 11.1 Å².